The van der Waals surface area contributed by atoms with E-state index in [2.05, 4.69) is 5.32 Å². The quantitative estimate of drug-likeness (QED) is 0.429. The molecule has 1 fully saturated rings. The van der Waals surface area contributed by atoms with Crippen molar-refractivity contribution in [1.29, 1.82) is 0 Å². The summed E-state index contributed by atoms with van der Waals surface area (Å²) in [5, 5.41) is 21.9. The number of nitrogens with zero attached hydrogens (tertiary/aromatic N) is 2. The van der Waals surface area contributed by atoms with Gasteiger partial charge in [0.25, 0.3) is 10.9 Å². The zero-order valence-electron chi connectivity index (χ0n) is 14.0. The Morgan fingerprint density at radius 1 is 1.25 bits per heavy atom. The molecule has 0 bridgehead atoms. The molecule has 1 aliphatic heterocycles. The maximum atomic E-state index is 12.5. The summed E-state index contributed by atoms with van der Waals surface area (Å²) in [6.07, 6.45) is -0.346. The van der Waals surface area contributed by atoms with Gasteiger partial charge >= 0.3 is 0 Å². The summed E-state index contributed by atoms with van der Waals surface area (Å²) >= 11 is 6.50. The summed E-state index contributed by atoms with van der Waals surface area (Å²) < 4.78 is 0. The fourth-order valence-corrected chi connectivity index (χ4v) is 3.63. The van der Waals surface area contributed by atoms with Gasteiger partial charge in [0.15, 0.2) is 0 Å². The molecule has 28 heavy (non-hydrogen) atoms. The first-order chi connectivity index (χ1) is 13.3. The predicted molar refractivity (Wildman–Crippen MR) is 104 cm³/mol. The Bertz CT molecular complexity index is 981. The number of non-ortho nitro benzene ring substituents is 1. The van der Waals surface area contributed by atoms with Crippen LogP contribution in [0.3, 0.4) is 0 Å². The molecule has 1 atom stereocenters. The molecular formula is C17H12ClN3O6S. The van der Waals surface area contributed by atoms with Crippen LogP contribution in [0, 0.1) is 10.1 Å². The number of anilines is 2. The third-order valence-corrected chi connectivity index (χ3v) is 5.13. The van der Waals surface area contributed by atoms with Gasteiger partial charge in [0.05, 0.1) is 16.3 Å². The van der Waals surface area contributed by atoms with E-state index in [1.54, 1.807) is 0 Å². The Kier molecular flexibility index (Phi) is 5.52. The normalized spacial score (nSPS) is 16.3. The number of hydrogen-bond acceptors (Lipinski definition) is 7. The highest BCUT2D eigenvalue weighted by molar-refractivity contribution is 8.15. The van der Waals surface area contributed by atoms with Crippen LogP contribution in [-0.2, 0) is 9.59 Å². The van der Waals surface area contributed by atoms with Crippen LogP contribution in [0.15, 0.2) is 42.5 Å². The lowest BCUT2D eigenvalue weighted by Gasteiger charge is -2.14. The highest BCUT2D eigenvalue weighted by Gasteiger charge is 2.41. The molecule has 0 spiro atoms. The molecule has 2 aromatic rings. The van der Waals surface area contributed by atoms with Gasteiger partial charge in [-0.05, 0) is 42.1 Å². The molecule has 0 saturated carbocycles. The summed E-state index contributed by atoms with van der Waals surface area (Å²) in [6, 6.07) is 9.27. The van der Waals surface area contributed by atoms with E-state index in [9.17, 15) is 29.6 Å². The van der Waals surface area contributed by atoms with Crippen LogP contribution >= 0.6 is 23.4 Å². The van der Waals surface area contributed by atoms with E-state index in [1.165, 1.54) is 24.3 Å². The Labute approximate surface area is 167 Å². The van der Waals surface area contributed by atoms with Crippen LogP contribution in [0.4, 0.5) is 21.9 Å². The highest BCUT2D eigenvalue weighted by Crippen LogP contribution is 2.34. The molecule has 3 amide bonds. The van der Waals surface area contributed by atoms with Crippen molar-refractivity contribution in [3.05, 3.63) is 57.6 Å². The lowest BCUT2D eigenvalue weighted by Crippen LogP contribution is -2.32. The van der Waals surface area contributed by atoms with Gasteiger partial charge in [0.2, 0.25) is 11.8 Å². The first kappa shape index (κ1) is 19.6. The Morgan fingerprint density at radius 3 is 2.57 bits per heavy atom. The number of aromatic hydroxyl groups is 1. The maximum Gasteiger partial charge on any atom is 0.293 e. The molecule has 2 aromatic carbocycles. The largest absolute Gasteiger partial charge is 0.506 e. The van der Waals surface area contributed by atoms with Gasteiger partial charge in [0, 0.05) is 23.6 Å². The third kappa shape index (κ3) is 4.07. The van der Waals surface area contributed by atoms with Gasteiger partial charge < -0.3 is 10.4 Å². The number of phenols is 1. The molecule has 3 rings (SSSR count). The van der Waals surface area contributed by atoms with Crippen molar-refractivity contribution in [1.82, 2.24) is 0 Å². The SMILES string of the molecule is O=C(CC1SC(=O)N(c2ccc(Cl)cc2)C1=O)Nc1cc([N+](=O)[O-])ccc1O. The number of imide groups is 1. The average Bonchev–Trinajstić information content (AvgIpc) is 2.91. The minimum absolute atomic E-state index is 0.157. The number of benzene rings is 2. The number of thioether (sulfide) groups is 1. The molecule has 1 saturated heterocycles. The van der Waals surface area contributed by atoms with E-state index >= 15 is 0 Å². The zero-order chi connectivity index (χ0) is 20.4. The summed E-state index contributed by atoms with van der Waals surface area (Å²) in [7, 11) is 0. The van der Waals surface area contributed by atoms with E-state index in [1.807, 2.05) is 0 Å². The first-order valence-corrected chi connectivity index (χ1v) is 9.09. The van der Waals surface area contributed by atoms with Crippen LogP contribution in [0.25, 0.3) is 0 Å². The number of amides is 3. The number of nitrogens with one attached hydrogen (secondary N) is 1. The van der Waals surface area contributed by atoms with Gasteiger partial charge in [-0.25, -0.2) is 4.90 Å². The predicted octanol–water partition coefficient (Wildman–Crippen LogP) is 3.55. The molecule has 1 unspecified atom stereocenters. The molecule has 1 aliphatic rings. The van der Waals surface area contributed by atoms with Gasteiger partial charge in [-0.2, -0.15) is 0 Å². The summed E-state index contributed by atoms with van der Waals surface area (Å²) in [5.74, 6) is -1.59. The van der Waals surface area contributed by atoms with E-state index in [4.69, 9.17) is 11.6 Å². The van der Waals surface area contributed by atoms with Crippen molar-refractivity contribution in [2.75, 3.05) is 10.2 Å². The Hall–Kier alpha value is -3.11. The Balaban J connectivity index is 1.70. The van der Waals surface area contributed by atoms with Crippen LogP contribution in [-0.4, -0.2) is 32.3 Å². The number of halogens is 1. The van der Waals surface area contributed by atoms with Gasteiger partial charge in [0.1, 0.15) is 11.0 Å². The second-order valence-corrected chi connectivity index (χ2v) is 7.32. The second-order valence-electron chi connectivity index (χ2n) is 5.73. The van der Waals surface area contributed by atoms with Gasteiger partial charge in [-0.15, -0.1) is 0 Å². The molecule has 144 valence electrons. The van der Waals surface area contributed by atoms with Crippen LogP contribution in [0.1, 0.15) is 6.42 Å². The zero-order valence-corrected chi connectivity index (χ0v) is 15.6. The van der Waals surface area contributed by atoms with Crippen molar-refractivity contribution >= 4 is 57.5 Å². The maximum absolute atomic E-state index is 12.5. The minimum atomic E-state index is -0.955. The first-order valence-electron chi connectivity index (χ1n) is 7.83. The van der Waals surface area contributed by atoms with Crippen molar-refractivity contribution < 1.29 is 24.4 Å². The van der Waals surface area contributed by atoms with Gasteiger partial charge in [-0.3, -0.25) is 24.5 Å². The molecule has 0 radical (unpaired) electrons. The Morgan fingerprint density at radius 2 is 1.93 bits per heavy atom. The molecule has 11 heteroatoms. The number of carbonyl (C=O) groups is 3. The lowest BCUT2D eigenvalue weighted by molar-refractivity contribution is -0.384. The topological polar surface area (TPSA) is 130 Å². The monoisotopic (exact) mass is 421 g/mol. The number of hydrogen-bond donors (Lipinski definition) is 2. The molecule has 0 aliphatic carbocycles. The lowest BCUT2D eigenvalue weighted by atomic mass is 10.2. The standard InChI is InChI=1S/C17H12ClN3O6S/c18-9-1-3-10(4-2-9)20-16(24)14(28-17(20)25)8-15(23)19-12-7-11(21(26)27)5-6-13(12)22/h1-7,14,22H,8H2,(H,19,23). The van der Waals surface area contributed by atoms with E-state index in [-0.39, 0.29) is 23.5 Å². The molecule has 1 heterocycles. The molecule has 0 aromatic heterocycles. The number of carbonyl (C=O) groups excluding carboxylic acids is 3. The van der Waals surface area contributed by atoms with E-state index in [0.29, 0.717) is 22.5 Å². The van der Waals surface area contributed by atoms with Crippen molar-refractivity contribution in [3.8, 4) is 5.75 Å². The minimum Gasteiger partial charge on any atom is -0.506 e. The number of rotatable bonds is 5. The number of nitro groups is 1. The highest BCUT2D eigenvalue weighted by atomic mass is 35.5. The fourth-order valence-electron chi connectivity index (χ4n) is 2.52. The van der Waals surface area contributed by atoms with Crippen molar-refractivity contribution in [3.63, 3.8) is 0 Å². The molecule has 9 nitrogen and oxygen atoms in total. The van der Waals surface area contributed by atoms with Gasteiger partial charge in [-0.1, -0.05) is 11.6 Å². The van der Waals surface area contributed by atoms with E-state index < -0.39 is 27.2 Å². The summed E-state index contributed by atoms with van der Waals surface area (Å²) in [5.41, 5.74) is -0.134. The molecular weight excluding hydrogens is 410 g/mol. The van der Waals surface area contributed by atoms with Crippen molar-refractivity contribution in [2.24, 2.45) is 0 Å². The number of phenolic OH excluding ortho intramolecular Hbond substituents is 1. The third-order valence-electron chi connectivity index (χ3n) is 3.84. The second kappa shape index (κ2) is 7.87. The van der Waals surface area contributed by atoms with E-state index in [0.717, 1.165) is 23.1 Å². The molecule has 2 N–H and O–H groups in total. The van der Waals surface area contributed by atoms with Crippen LogP contribution in [0.5, 0.6) is 5.75 Å². The summed E-state index contributed by atoms with van der Waals surface area (Å²) in [4.78, 5) is 48.1. The number of nitro benzene ring substituents is 1. The fraction of sp³-hybridized carbons (Fsp3) is 0.118. The van der Waals surface area contributed by atoms with Crippen molar-refractivity contribution in [2.45, 2.75) is 11.7 Å². The van der Waals surface area contributed by atoms with Crippen LogP contribution in [0.2, 0.25) is 5.02 Å². The summed E-state index contributed by atoms with van der Waals surface area (Å²) in [6.45, 7) is 0. The smallest absolute Gasteiger partial charge is 0.293 e. The van der Waals surface area contributed by atoms with Crippen LogP contribution < -0.4 is 10.2 Å². The average molecular weight is 422 g/mol.